The number of halogens is 4. The van der Waals surface area contributed by atoms with Gasteiger partial charge in [-0.25, -0.2) is 9.97 Å². The van der Waals surface area contributed by atoms with Crippen molar-refractivity contribution in [3.63, 3.8) is 0 Å². The minimum absolute atomic E-state index is 0.00420. The van der Waals surface area contributed by atoms with Gasteiger partial charge in [0.2, 0.25) is 17.6 Å². The van der Waals surface area contributed by atoms with Gasteiger partial charge in [0.25, 0.3) is 5.89 Å². The fourth-order valence-electron chi connectivity index (χ4n) is 6.37. The highest BCUT2D eigenvalue weighted by Crippen LogP contribution is 2.38. The maximum absolute atomic E-state index is 14.4. The Morgan fingerprint density at radius 1 is 1.06 bits per heavy atom. The van der Waals surface area contributed by atoms with E-state index in [-0.39, 0.29) is 67.6 Å². The fourth-order valence-corrected chi connectivity index (χ4v) is 6.49. The molecule has 3 heterocycles. The predicted octanol–water partition coefficient (Wildman–Crippen LogP) is 7.80. The van der Waals surface area contributed by atoms with E-state index in [0.29, 0.717) is 11.3 Å². The number of hydrogen-bond donors (Lipinski definition) is 0. The maximum Gasteiger partial charge on any atom is 0.436 e. The quantitative estimate of drug-likeness (QED) is 0.195. The van der Waals surface area contributed by atoms with Gasteiger partial charge in [0, 0.05) is 49.8 Å². The van der Waals surface area contributed by atoms with Crippen LogP contribution in [-0.2, 0) is 20.6 Å². The van der Waals surface area contributed by atoms with Gasteiger partial charge in [0.1, 0.15) is 18.2 Å². The average molecular weight is 696 g/mol. The summed E-state index contributed by atoms with van der Waals surface area (Å²) in [5.74, 6) is -3.67. The number of amides is 1. The molecule has 0 aromatic carbocycles. The molecule has 1 saturated heterocycles. The van der Waals surface area contributed by atoms with Gasteiger partial charge in [-0.3, -0.25) is 19.2 Å². The van der Waals surface area contributed by atoms with Crippen LogP contribution in [0.5, 0.6) is 5.88 Å². The molecule has 13 heteroatoms. The molecule has 0 radical (unpaired) electrons. The molecule has 264 valence electrons. The summed E-state index contributed by atoms with van der Waals surface area (Å²) in [6.07, 6.45) is -0.632. The van der Waals surface area contributed by atoms with Crippen molar-refractivity contribution >= 4 is 34.9 Å². The number of rotatable bonds is 13. The normalized spacial score (nSPS) is 20.2. The number of aromatic nitrogens is 2. The maximum atomic E-state index is 14.4. The summed E-state index contributed by atoms with van der Waals surface area (Å²) >= 11 is 5.97. The average Bonchev–Trinajstić information content (AvgIpc) is 3.60. The Bertz CT molecular complexity index is 1470. The van der Waals surface area contributed by atoms with Gasteiger partial charge in [0.15, 0.2) is 11.5 Å². The van der Waals surface area contributed by atoms with Gasteiger partial charge < -0.3 is 14.1 Å². The molecule has 1 saturated carbocycles. The first-order valence-electron chi connectivity index (χ1n) is 16.4. The summed E-state index contributed by atoms with van der Waals surface area (Å²) in [5.41, 5.74) is -2.22. The van der Waals surface area contributed by atoms with Crippen molar-refractivity contribution in [2.24, 2.45) is 28.6 Å². The van der Waals surface area contributed by atoms with Crippen LogP contribution < -0.4 is 4.74 Å². The highest BCUT2D eigenvalue weighted by molar-refractivity contribution is 6.30. The lowest BCUT2D eigenvalue weighted by molar-refractivity contribution is -0.146. The Kier molecular flexibility index (Phi) is 11.5. The van der Waals surface area contributed by atoms with Crippen molar-refractivity contribution in [3.8, 4) is 5.88 Å². The molecule has 1 aliphatic carbocycles. The summed E-state index contributed by atoms with van der Waals surface area (Å²) in [5, 5.41) is 0.405. The first-order chi connectivity index (χ1) is 22.2. The third-order valence-corrected chi connectivity index (χ3v) is 9.30. The topological polar surface area (TPSA) is 120 Å². The van der Waals surface area contributed by atoms with Crippen LogP contribution in [0.1, 0.15) is 109 Å². The third-order valence-electron chi connectivity index (χ3n) is 9.07. The number of ketones is 3. The summed E-state index contributed by atoms with van der Waals surface area (Å²) in [7, 11) is 0. The lowest BCUT2D eigenvalue weighted by atomic mass is 9.75. The van der Waals surface area contributed by atoms with Crippen LogP contribution in [0.3, 0.4) is 0 Å². The van der Waals surface area contributed by atoms with Crippen molar-refractivity contribution in [2.45, 2.75) is 111 Å². The van der Waals surface area contributed by atoms with E-state index in [1.54, 1.807) is 12.1 Å². The van der Waals surface area contributed by atoms with Crippen LogP contribution in [-0.4, -0.2) is 56.8 Å². The standard InChI is InChI=1S/C35H45ClF3N3O6/c1-33(2,3)16-23(43)14-25(34(4,5)6)32(46)42-18-24(48-29-11-10-22(36)17-40-29)15-26(42)27(44)13-21(12-20-8-7-9-20)30(45)31-41-28(19-47-31)35(37,38)39/h10-11,17,19-21,24-26H,7-9,12-16,18H2,1-6H3/t21?,24-,25-,26+/m1/s1. The molecular weight excluding hydrogens is 651 g/mol. The molecule has 1 unspecified atom stereocenters. The molecule has 1 amide bonds. The number of oxazole rings is 1. The van der Waals surface area contributed by atoms with Crippen molar-refractivity contribution in [1.82, 2.24) is 14.9 Å². The van der Waals surface area contributed by atoms with E-state index < -0.39 is 58.7 Å². The number of carbonyl (C=O) groups is 4. The van der Waals surface area contributed by atoms with E-state index >= 15 is 0 Å². The van der Waals surface area contributed by atoms with Crippen LogP contribution in [0, 0.1) is 28.6 Å². The zero-order valence-corrected chi connectivity index (χ0v) is 29.1. The number of alkyl halides is 3. The van der Waals surface area contributed by atoms with Crippen LogP contribution >= 0.6 is 11.6 Å². The molecule has 0 N–H and O–H groups in total. The molecule has 2 aromatic heterocycles. The molecule has 4 atom stereocenters. The zero-order valence-electron chi connectivity index (χ0n) is 28.4. The number of ether oxygens (including phenoxy) is 1. The number of Topliss-reactive ketones (excluding diaryl/α,β-unsaturated/α-hetero) is 3. The van der Waals surface area contributed by atoms with Crippen molar-refractivity contribution in [3.05, 3.63) is 41.2 Å². The minimum atomic E-state index is -4.79. The minimum Gasteiger partial charge on any atom is -0.472 e. The van der Waals surface area contributed by atoms with Crippen molar-refractivity contribution in [1.29, 1.82) is 0 Å². The molecule has 9 nitrogen and oxygen atoms in total. The SMILES string of the molecule is CC(C)(C)CC(=O)C[C@H](C(=O)N1C[C@H](Oc2ccc(Cl)cn2)C[C@H]1C(=O)CC(CC1CCC1)C(=O)c1nc(C(F)(F)F)co1)C(C)(C)C. The lowest BCUT2D eigenvalue weighted by Crippen LogP contribution is -2.48. The zero-order chi connectivity index (χ0) is 35.6. The van der Waals surface area contributed by atoms with E-state index in [1.807, 2.05) is 41.5 Å². The monoisotopic (exact) mass is 695 g/mol. The van der Waals surface area contributed by atoms with Gasteiger partial charge in [-0.2, -0.15) is 13.2 Å². The summed E-state index contributed by atoms with van der Waals surface area (Å²) in [6.45, 7) is 11.5. The largest absolute Gasteiger partial charge is 0.472 e. The van der Waals surface area contributed by atoms with Gasteiger partial charge in [-0.15, -0.1) is 0 Å². The van der Waals surface area contributed by atoms with Gasteiger partial charge in [-0.05, 0) is 29.2 Å². The second-order valence-corrected chi connectivity index (χ2v) is 15.9. The van der Waals surface area contributed by atoms with Gasteiger partial charge in [0.05, 0.1) is 17.6 Å². The first kappa shape index (κ1) is 37.5. The Morgan fingerprint density at radius 3 is 2.27 bits per heavy atom. The van der Waals surface area contributed by atoms with Crippen molar-refractivity contribution in [2.75, 3.05) is 6.54 Å². The highest BCUT2D eigenvalue weighted by Gasteiger charge is 2.47. The predicted molar refractivity (Wildman–Crippen MR) is 171 cm³/mol. The molecule has 0 spiro atoms. The molecule has 48 heavy (non-hydrogen) atoms. The van der Waals surface area contributed by atoms with E-state index in [9.17, 15) is 32.3 Å². The molecule has 2 fully saturated rings. The number of likely N-dealkylation sites (tertiary alicyclic amines) is 1. The fraction of sp³-hybridized carbons (Fsp3) is 0.657. The van der Waals surface area contributed by atoms with E-state index in [4.69, 9.17) is 20.8 Å². The molecular formula is C35H45ClF3N3O6. The number of carbonyl (C=O) groups excluding carboxylic acids is 4. The number of nitrogens with zero attached hydrogens (tertiary/aromatic N) is 3. The molecule has 4 rings (SSSR count). The Labute approximate surface area is 284 Å². The van der Waals surface area contributed by atoms with Crippen LogP contribution in [0.15, 0.2) is 29.0 Å². The lowest BCUT2D eigenvalue weighted by Gasteiger charge is -2.35. The van der Waals surface area contributed by atoms with Crippen LogP contribution in [0.4, 0.5) is 13.2 Å². The highest BCUT2D eigenvalue weighted by atomic mass is 35.5. The Morgan fingerprint density at radius 2 is 1.75 bits per heavy atom. The number of hydrogen-bond acceptors (Lipinski definition) is 8. The molecule has 1 aliphatic heterocycles. The van der Waals surface area contributed by atoms with E-state index in [2.05, 4.69) is 9.97 Å². The molecule has 0 bridgehead atoms. The summed E-state index contributed by atoms with van der Waals surface area (Å²) in [4.78, 5) is 64.1. The van der Waals surface area contributed by atoms with E-state index in [0.717, 1.165) is 19.3 Å². The summed E-state index contributed by atoms with van der Waals surface area (Å²) < 4.78 is 50.7. The second-order valence-electron chi connectivity index (χ2n) is 15.5. The second kappa shape index (κ2) is 14.7. The summed E-state index contributed by atoms with van der Waals surface area (Å²) in [6, 6.07) is 2.18. The van der Waals surface area contributed by atoms with Crippen LogP contribution in [0.25, 0.3) is 0 Å². The van der Waals surface area contributed by atoms with Gasteiger partial charge >= 0.3 is 6.18 Å². The van der Waals surface area contributed by atoms with Crippen molar-refractivity contribution < 1.29 is 41.5 Å². The molecule has 2 aliphatic rings. The van der Waals surface area contributed by atoms with E-state index in [1.165, 1.54) is 11.1 Å². The van der Waals surface area contributed by atoms with Crippen LogP contribution in [0.2, 0.25) is 5.02 Å². The van der Waals surface area contributed by atoms with Gasteiger partial charge in [-0.1, -0.05) is 72.4 Å². The third kappa shape index (κ3) is 9.89. The Balaban J connectivity index is 1.61. The number of pyridine rings is 1. The Hall–Kier alpha value is -3.28. The molecule has 2 aromatic rings. The smallest absolute Gasteiger partial charge is 0.436 e. The first-order valence-corrected chi connectivity index (χ1v) is 16.8.